The molecule has 2 aromatic heterocycles. The smallest absolute Gasteiger partial charge is 0.298 e. The van der Waals surface area contributed by atoms with Gasteiger partial charge in [0.1, 0.15) is 0 Å². The molecule has 2 aromatic rings. The third-order valence-corrected chi connectivity index (χ3v) is 7.37. The lowest BCUT2D eigenvalue weighted by Crippen LogP contribution is -2.37. The van der Waals surface area contributed by atoms with Crippen LogP contribution in [-0.4, -0.2) is 48.5 Å². The first-order valence-electron chi connectivity index (χ1n) is 9.72. The summed E-state index contributed by atoms with van der Waals surface area (Å²) >= 11 is 1.29. The van der Waals surface area contributed by atoms with Gasteiger partial charge in [-0.3, -0.25) is 24.6 Å². The van der Waals surface area contributed by atoms with E-state index in [1.807, 2.05) is 6.08 Å². The number of allylic oxidation sites excluding steroid dienone is 4. The van der Waals surface area contributed by atoms with Crippen LogP contribution in [0.25, 0.3) is 6.08 Å². The number of ketones is 1. The number of nitrogens with zero attached hydrogens (tertiary/aromatic N) is 3. The second-order valence-corrected chi connectivity index (χ2v) is 10.4. The summed E-state index contributed by atoms with van der Waals surface area (Å²) in [4.78, 5) is 34.6. The van der Waals surface area contributed by atoms with Crippen molar-refractivity contribution in [2.75, 3.05) is 19.4 Å². The number of aromatic nitrogens is 2. The monoisotopic (exact) mass is 471 g/mol. The van der Waals surface area contributed by atoms with Crippen LogP contribution in [0.3, 0.4) is 0 Å². The molecule has 2 aliphatic carbocycles. The number of hydrogen-bond acceptors (Lipinski definition) is 7. The molecule has 0 fully saturated rings. The molecule has 1 unspecified atom stereocenters. The number of anilines is 1. The van der Waals surface area contributed by atoms with Gasteiger partial charge < -0.3 is 0 Å². The van der Waals surface area contributed by atoms with Gasteiger partial charge >= 0.3 is 10.2 Å². The van der Waals surface area contributed by atoms with Gasteiger partial charge in [-0.1, -0.05) is 12.2 Å². The van der Waals surface area contributed by atoms with Crippen LogP contribution in [0.2, 0.25) is 0 Å². The molecule has 11 heteroatoms. The van der Waals surface area contributed by atoms with E-state index in [1.54, 1.807) is 35.9 Å². The molecule has 1 spiro atoms. The Kier molecular flexibility index (Phi) is 5.80. The van der Waals surface area contributed by atoms with Gasteiger partial charge in [0.25, 0.3) is 5.91 Å². The molecule has 1 amide bonds. The van der Waals surface area contributed by atoms with Gasteiger partial charge in [-0.05, 0) is 37.1 Å². The number of carbonyl (C=O) groups is 2. The Hall–Kier alpha value is -3.15. The molecule has 0 bridgehead atoms. The van der Waals surface area contributed by atoms with Gasteiger partial charge in [-0.15, -0.1) is 11.3 Å². The molecular weight excluding hydrogens is 450 g/mol. The minimum atomic E-state index is -3.72. The number of thiazole rings is 1. The van der Waals surface area contributed by atoms with Crippen LogP contribution in [-0.2, 0) is 10.2 Å². The fourth-order valence-electron chi connectivity index (χ4n) is 3.52. The van der Waals surface area contributed by atoms with Crippen LogP contribution in [0.4, 0.5) is 5.13 Å². The minimum Gasteiger partial charge on any atom is -0.298 e. The van der Waals surface area contributed by atoms with E-state index in [9.17, 15) is 18.0 Å². The van der Waals surface area contributed by atoms with E-state index in [2.05, 4.69) is 20.0 Å². The summed E-state index contributed by atoms with van der Waals surface area (Å²) in [6.45, 7) is 0. The maximum absolute atomic E-state index is 13.7. The summed E-state index contributed by atoms with van der Waals surface area (Å²) in [5.41, 5.74) is 0.359. The van der Waals surface area contributed by atoms with Gasteiger partial charge in [0.05, 0.1) is 16.7 Å². The predicted octanol–water partition coefficient (Wildman–Crippen LogP) is 2.62. The maximum Gasteiger partial charge on any atom is 0.301 e. The summed E-state index contributed by atoms with van der Waals surface area (Å²) in [5, 5.41) is 4.88. The average Bonchev–Trinajstić information content (AvgIpc) is 3.22. The summed E-state index contributed by atoms with van der Waals surface area (Å²) in [7, 11) is -0.876. The fourth-order valence-corrected chi connectivity index (χ4v) is 4.65. The van der Waals surface area contributed by atoms with Crippen molar-refractivity contribution in [2.45, 2.75) is 12.8 Å². The molecule has 2 N–H and O–H groups in total. The first-order valence-corrected chi connectivity index (χ1v) is 12.0. The highest BCUT2D eigenvalue weighted by Crippen LogP contribution is 2.40. The van der Waals surface area contributed by atoms with E-state index in [1.165, 1.54) is 37.7 Å². The number of nitrogens with one attached hydrogen (secondary N) is 2. The van der Waals surface area contributed by atoms with Crippen molar-refractivity contribution in [3.8, 4) is 0 Å². The molecular formula is C21H21N5O4S2. The van der Waals surface area contributed by atoms with E-state index >= 15 is 0 Å². The van der Waals surface area contributed by atoms with E-state index in [0.29, 0.717) is 34.9 Å². The number of rotatable bonds is 5. The molecule has 4 rings (SSSR count). The first-order chi connectivity index (χ1) is 15.2. The molecule has 2 aliphatic rings. The highest BCUT2D eigenvalue weighted by molar-refractivity contribution is 7.87. The number of fused-ring (bicyclic) bond motifs is 1. The Morgan fingerprint density at radius 2 is 1.94 bits per heavy atom. The predicted molar refractivity (Wildman–Crippen MR) is 122 cm³/mol. The Morgan fingerprint density at radius 3 is 2.62 bits per heavy atom. The van der Waals surface area contributed by atoms with Crippen molar-refractivity contribution in [3.63, 3.8) is 0 Å². The molecule has 0 aliphatic heterocycles. The SMILES string of the molecule is CN(C)S(=O)(=O)NC1=CC2(CC=C1)CC=Cc1ncc(C(=O)Nc3nccs3)cc1C2=O. The van der Waals surface area contributed by atoms with Crippen molar-refractivity contribution < 1.29 is 18.0 Å². The third-order valence-electron chi connectivity index (χ3n) is 5.23. The lowest BCUT2D eigenvalue weighted by molar-refractivity contribution is 0.0854. The summed E-state index contributed by atoms with van der Waals surface area (Å²) in [6, 6.07) is 1.53. The molecule has 2 heterocycles. The standard InChI is InChI=1S/C21H21N5O4S2/c1-26(2)32(29,30)25-15-5-3-7-21(12-15)8-4-6-17-16(18(21)27)11-14(13-23-17)19(28)24-20-22-9-10-31-20/h3-6,9-13,25H,7-8H2,1-2H3,(H,22,24,28). The average molecular weight is 472 g/mol. The van der Waals surface area contributed by atoms with Crippen molar-refractivity contribution in [1.82, 2.24) is 19.0 Å². The van der Waals surface area contributed by atoms with Crippen LogP contribution >= 0.6 is 11.3 Å². The molecule has 9 nitrogen and oxygen atoms in total. The zero-order chi connectivity index (χ0) is 22.9. The number of amides is 1. The lowest BCUT2D eigenvalue weighted by atomic mass is 9.73. The second kappa shape index (κ2) is 8.41. The number of pyridine rings is 1. The van der Waals surface area contributed by atoms with Crippen LogP contribution in [0.5, 0.6) is 0 Å². The minimum absolute atomic E-state index is 0.222. The molecule has 0 aromatic carbocycles. The topological polar surface area (TPSA) is 121 Å². The van der Waals surface area contributed by atoms with Crippen molar-refractivity contribution in [3.05, 3.63) is 70.7 Å². The second-order valence-electron chi connectivity index (χ2n) is 7.64. The summed E-state index contributed by atoms with van der Waals surface area (Å²) in [5.74, 6) is -0.636. The first kappa shape index (κ1) is 22.1. The Labute approximate surface area is 189 Å². The number of Topliss-reactive ketones (excluding diaryl/α,β-unsaturated/α-hetero) is 1. The number of carbonyl (C=O) groups excluding carboxylic acids is 2. The highest BCUT2D eigenvalue weighted by atomic mass is 32.2. The number of hydrogen-bond donors (Lipinski definition) is 2. The van der Waals surface area contributed by atoms with Crippen LogP contribution in [0.1, 0.15) is 39.3 Å². The summed E-state index contributed by atoms with van der Waals surface area (Å²) < 4.78 is 28.1. The Balaban J connectivity index is 1.67. The zero-order valence-corrected chi connectivity index (χ0v) is 19.0. The van der Waals surface area contributed by atoms with Gasteiger partial charge in [0, 0.05) is 43.1 Å². The maximum atomic E-state index is 13.7. The highest BCUT2D eigenvalue weighted by Gasteiger charge is 2.39. The van der Waals surface area contributed by atoms with Crippen molar-refractivity contribution in [1.29, 1.82) is 0 Å². The molecule has 32 heavy (non-hydrogen) atoms. The zero-order valence-electron chi connectivity index (χ0n) is 17.4. The van der Waals surface area contributed by atoms with Crippen molar-refractivity contribution >= 4 is 44.4 Å². The molecule has 0 saturated heterocycles. The quantitative estimate of drug-likeness (QED) is 0.691. The normalized spacial score (nSPS) is 20.1. The fraction of sp³-hybridized carbons (Fsp3) is 0.238. The molecule has 166 valence electrons. The third kappa shape index (κ3) is 4.27. The Morgan fingerprint density at radius 1 is 1.19 bits per heavy atom. The van der Waals surface area contributed by atoms with Gasteiger partial charge in [0.15, 0.2) is 10.9 Å². The lowest BCUT2D eigenvalue weighted by Gasteiger charge is -2.30. The van der Waals surface area contributed by atoms with Crippen molar-refractivity contribution in [2.24, 2.45) is 5.41 Å². The molecule has 0 radical (unpaired) electrons. The van der Waals surface area contributed by atoms with Crippen LogP contribution in [0.15, 0.2) is 53.8 Å². The van der Waals surface area contributed by atoms with E-state index in [0.717, 1.165) is 4.31 Å². The molecule has 1 atom stereocenters. The largest absolute Gasteiger partial charge is 0.301 e. The Bertz CT molecular complexity index is 1260. The van der Waals surface area contributed by atoms with E-state index in [-0.39, 0.29) is 11.3 Å². The van der Waals surface area contributed by atoms with Crippen LogP contribution in [0, 0.1) is 5.41 Å². The van der Waals surface area contributed by atoms with Gasteiger partial charge in [0.2, 0.25) is 0 Å². The van der Waals surface area contributed by atoms with E-state index < -0.39 is 21.5 Å². The molecule has 0 saturated carbocycles. The van der Waals surface area contributed by atoms with E-state index in [4.69, 9.17) is 0 Å². The summed E-state index contributed by atoms with van der Waals surface area (Å²) in [6.07, 6.45) is 12.4. The van der Waals surface area contributed by atoms with Gasteiger partial charge in [-0.25, -0.2) is 4.98 Å². The van der Waals surface area contributed by atoms with Crippen LogP contribution < -0.4 is 10.0 Å². The van der Waals surface area contributed by atoms with Gasteiger partial charge in [-0.2, -0.15) is 12.7 Å².